The van der Waals surface area contributed by atoms with E-state index in [0.29, 0.717) is 6.54 Å². The van der Waals surface area contributed by atoms with Crippen molar-refractivity contribution in [2.24, 2.45) is 5.73 Å². The summed E-state index contributed by atoms with van der Waals surface area (Å²) in [6.07, 6.45) is 0. The molecule has 0 amide bonds. The Hall–Kier alpha value is -0.790. The molecule has 0 aliphatic heterocycles. The molecular formula is C9H12ClN. The molecule has 1 nitrogen and oxygen atoms in total. The Morgan fingerprint density at radius 3 is 2.27 bits per heavy atom. The molecule has 1 rings (SSSR count). The van der Waals surface area contributed by atoms with E-state index in [1.54, 1.807) is 0 Å². The van der Waals surface area contributed by atoms with Crippen LogP contribution in [0.15, 0.2) is 36.9 Å². The van der Waals surface area contributed by atoms with E-state index in [2.05, 4.69) is 6.58 Å². The minimum Gasteiger partial charge on any atom is -0.326 e. The molecule has 0 bridgehead atoms. The minimum absolute atomic E-state index is 0. The third-order valence-electron chi connectivity index (χ3n) is 1.43. The molecule has 0 spiro atoms. The van der Waals surface area contributed by atoms with Crippen LogP contribution in [0.3, 0.4) is 0 Å². The third kappa shape index (κ3) is 2.74. The van der Waals surface area contributed by atoms with Crippen LogP contribution in [0.5, 0.6) is 0 Å². The second-order valence-electron chi connectivity index (χ2n) is 2.17. The zero-order valence-corrected chi connectivity index (χ0v) is 7.10. The normalized spacial score (nSPS) is 8.45. The van der Waals surface area contributed by atoms with Crippen LogP contribution >= 0.6 is 12.4 Å². The molecule has 0 saturated carbocycles. The molecule has 2 N–H and O–H groups in total. The van der Waals surface area contributed by atoms with Crippen LogP contribution in [-0.4, -0.2) is 6.54 Å². The van der Waals surface area contributed by atoms with E-state index in [9.17, 15) is 0 Å². The molecule has 0 radical (unpaired) electrons. The lowest BCUT2D eigenvalue weighted by molar-refractivity contribution is 1.27. The summed E-state index contributed by atoms with van der Waals surface area (Å²) >= 11 is 0. The maximum absolute atomic E-state index is 5.40. The smallest absolute Gasteiger partial charge is 0.0178 e. The van der Waals surface area contributed by atoms with Gasteiger partial charge in [0.15, 0.2) is 0 Å². The quantitative estimate of drug-likeness (QED) is 0.721. The average molecular weight is 170 g/mol. The van der Waals surface area contributed by atoms with Gasteiger partial charge in [0, 0.05) is 6.54 Å². The van der Waals surface area contributed by atoms with Crippen LogP contribution in [0.25, 0.3) is 5.57 Å². The fourth-order valence-electron chi connectivity index (χ4n) is 0.792. The number of hydrogen-bond acceptors (Lipinski definition) is 1. The van der Waals surface area contributed by atoms with E-state index >= 15 is 0 Å². The van der Waals surface area contributed by atoms with Crippen molar-refractivity contribution in [2.45, 2.75) is 0 Å². The van der Waals surface area contributed by atoms with Crippen LogP contribution in [0.2, 0.25) is 0 Å². The highest BCUT2D eigenvalue weighted by Crippen LogP contribution is 2.08. The van der Waals surface area contributed by atoms with Crippen molar-refractivity contribution < 1.29 is 0 Å². The highest BCUT2D eigenvalue weighted by molar-refractivity contribution is 5.85. The first-order chi connectivity index (χ1) is 4.84. The van der Waals surface area contributed by atoms with Crippen molar-refractivity contribution in [3.8, 4) is 0 Å². The van der Waals surface area contributed by atoms with Gasteiger partial charge in [-0.1, -0.05) is 36.9 Å². The maximum Gasteiger partial charge on any atom is 0.0178 e. The number of rotatable bonds is 2. The maximum atomic E-state index is 5.40. The summed E-state index contributed by atoms with van der Waals surface area (Å²) in [7, 11) is 0. The Morgan fingerprint density at radius 2 is 1.82 bits per heavy atom. The van der Waals surface area contributed by atoms with Crippen molar-refractivity contribution in [3.05, 3.63) is 42.5 Å². The van der Waals surface area contributed by atoms with Crippen LogP contribution < -0.4 is 5.73 Å². The first-order valence-electron chi connectivity index (χ1n) is 3.28. The summed E-state index contributed by atoms with van der Waals surface area (Å²) in [6, 6.07) is 9.96. The molecular weight excluding hydrogens is 158 g/mol. The first-order valence-corrected chi connectivity index (χ1v) is 3.28. The summed E-state index contributed by atoms with van der Waals surface area (Å²) in [4.78, 5) is 0. The number of hydrogen-bond donors (Lipinski definition) is 1. The van der Waals surface area contributed by atoms with Gasteiger partial charge in [0.05, 0.1) is 0 Å². The van der Waals surface area contributed by atoms with Gasteiger partial charge < -0.3 is 5.73 Å². The van der Waals surface area contributed by atoms with Crippen molar-refractivity contribution >= 4 is 18.0 Å². The zero-order chi connectivity index (χ0) is 7.40. The van der Waals surface area contributed by atoms with Gasteiger partial charge in [-0.25, -0.2) is 0 Å². The summed E-state index contributed by atoms with van der Waals surface area (Å²) < 4.78 is 0. The molecule has 1 aromatic rings. The SMILES string of the molecule is C=C(CN)c1ccccc1.Cl. The van der Waals surface area contributed by atoms with Crippen molar-refractivity contribution in [3.63, 3.8) is 0 Å². The lowest BCUT2D eigenvalue weighted by Gasteiger charge is -1.99. The average Bonchev–Trinajstić information content (AvgIpc) is 2.05. The second-order valence-corrected chi connectivity index (χ2v) is 2.17. The van der Waals surface area contributed by atoms with E-state index in [1.165, 1.54) is 0 Å². The Bertz CT molecular complexity index is 218. The Balaban J connectivity index is 0.000001000. The predicted octanol–water partition coefficient (Wildman–Crippen LogP) is 2.08. The molecule has 11 heavy (non-hydrogen) atoms. The largest absolute Gasteiger partial charge is 0.326 e. The number of halogens is 1. The zero-order valence-electron chi connectivity index (χ0n) is 6.29. The number of nitrogens with two attached hydrogens (primary N) is 1. The molecule has 0 aliphatic carbocycles. The van der Waals surface area contributed by atoms with Gasteiger partial charge in [-0.15, -0.1) is 12.4 Å². The molecule has 0 saturated heterocycles. The van der Waals surface area contributed by atoms with E-state index in [4.69, 9.17) is 5.73 Å². The van der Waals surface area contributed by atoms with E-state index in [0.717, 1.165) is 11.1 Å². The molecule has 1 aromatic carbocycles. The first kappa shape index (κ1) is 10.2. The van der Waals surface area contributed by atoms with E-state index < -0.39 is 0 Å². The van der Waals surface area contributed by atoms with Crippen LogP contribution in [-0.2, 0) is 0 Å². The van der Waals surface area contributed by atoms with Crippen LogP contribution in [0, 0.1) is 0 Å². The Labute approximate surface area is 73.3 Å². The van der Waals surface area contributed by atoms with Gasteiger partial charge in [-0.05, 0) is 11.1 Å². The summed E-state index contributed by atoms with van der Waals surface area (Å²) in [5, 5.41) is 0. The summed E-state index contributed by atoms with van der Waals surface area (Å²) in [5.41, 5.74) is 7.52. The Kier molecular flexibility index (Phi) is 4.59. The van der Waals surface area contributed by atoms with Crippen LogP contribution in [0.4, 0.5) is 0 Å². The van der Waals surface area contributed by atoms with E-state index in [-0.39, 0.29) is 12.4 Å². The van der Waals surface area contributed by atoms with E-state index in [1.807, 2.05) is 30.3 Å². The van der Waals surface area contributed by atoms with Gasteiger partial charge in [-0.3, -0.25) is 0 Å². The van der Waals surface area contributed by atoms with Gasteiger partial charge in [-0.2, -0.15) is 0 Å². The van der Waals surface area contributed by atoms with Gasteiger partial charge >= 0.3 is 0 Å². The molecule has 60 valence electrons. The molecule has 0 atom stereocenters. The predicted molar refractivity (Wildman–Crippen MR) is 51.8 cm³/mol. The van der Waals surface area contributed by atoms with Gasteiger partial charge in [0.25, 0.3) is 0 Å². The lowest BCUT2D eigenvalue weighted by Crippen LogP contribution is -2.00. The van der Waals surface area contributed by atoms with Crippen molar-refractivity contribution in [2.75, 3.05) is 6.54 Å². The van der Waals surface area contributed by atoms with Crippen molar-refractivity contribution in [1.82, 2.24) is 0 Å². The highest BCUT2D eigenvalue weighted by atomic mass is 35.5. The lowest BCUT2D eigenvalue weighted by atomic mass is 10.1. The fraction of sp³-hybridized carbons (Fsp3) is 0.111. The molecule has 0 aromatic heterocycles. The van der Waals surface area contributed by atoms with Crippen molar-refractivity contribution in [1.29, 1.82) is 0 Å². The highest BCUT2D eigenvalue weighted by Gasteiger charge is 1.91. The fourth-order valence-corrected chi connectivity index (χ4v) is 0.792. The Morgan fingerprint density at radius 1 is 1.27 bits per heavy atom. The molecule has 0 heterocycles. The summed E-state index contributed by atoms with van der Waals surface area (Å²) in [5.74, 6) is 0. The van der Waals surface area contributed by atoms with Gasteiger partial charge in [0.2, 0.25) is 0 Å². The number of benzene rings is 1. The van der Waals surface area contributed by atoms with Crippen LogP contribution in [0.1, 0.15) is 5.56 Å². The standard InChI is InChI=1S/C9H11N.ClH/c1-8(7-10)9-5-3-2-4-6-9;/h2-6H,1,7,10H2;1H. The second kappa shape index (κ2) is 4.94. The summed E-state index contributed by atoms with van der Waals surface area (Å²) in [6.45, 7) is 4.35. The monoisotopic (exact) mass is 169 g/mol. The molecule has 2 heteroatoms. The molecule has 0 fully saturated rings. The third-order valence-corrected chi connectivity index (χ3v) is 1.43. The molecule has 0 aliphatic rings. The minimum atomic E-state index is 0. The van der Waals surface area contributed by atoms with Gasteiger partial charge in [0.1, 0.15) is 0 Å². The topological polar surface area (TPSA) is 26.0 Å². The molecule has 0 unspecified atom stereocenters.